The van der Waals surface area contributed by atoms with E-state index in [-0.39, 0.29) is 6.04 Å². The third-order valence-electron chi connectivity index (χ3n) is 3.12. The second-order valence-corrected chi connectivity index (χ2v) is 6.14. The molecule has 2 aromatic rings. The van der Waals surface area contributed by atoms with Crippen molar-refractivity contribution < 1.29 is 4.42 Å². The highest BCUT2D eigenvalue weighted by atomic mass is 35.5. The fourth-order valence-corrected chi connectivity index (χ4v) is 3.36. The van der Waals surface area contributed by atoms with Crippen LogP contribution in [0.2, 0.25) is 4.34 Å². The molecule has 94 valence electrons. The molecule has 0 radical (unpaired) electrons. The van der Waals surface area contributed by atoms with Crippen molar-refractivity contribution in [3.8, 4) is 0 Å². The van der Waals surface area contributed by atoms with E-state index in [1.165, 1.54) is 4.88 Å². The summed E-state index contributed by atoms with van der Waals surface area (Å²) in [6.45, 7) is 0. The molecule has 1 aliphatic carbocycles. The molecule has 0 bridgehead atoms. The summed E-state index contributed by atoms with van der Waals surface area (Å²) in [7, 11) is 0. The van der Waals surface area contributed by atoms with Crippen LogP contribution in [0, 0.1) is 0 Å². The van der Waals surface area contributed by atoms with E-state index in [0.717, 1.165) is 22.9 Å². The van der Waals surface area contributed by atoms with E-state index in [2.05, 4.69) is 23.5 Å². The number of hydrogen-bond donors (Lipinski definition) is 1. The van der Waals surface area contributed by atoms with Crippen LogP contribution in [0.4, 0.5) is 0 Å². The number of hydrogen-bond acceptors (Lipinski definition) is 3. The van der Waals surface area contributed by atoms with E-state index < -0.39 is 0 Å². The summed E-state index contributed by atoms with van der Waals surface area (Å²) in [5.74, 6) is 0.945. The average molecular weight is 280 g/mol. The zero-order chi connectivity index (χ0) is 12.4. The third-order valence-corrected chi connectivity index (χ3v) is 4.41. The van der Waals surface area contributed by atoms with Gasteiger partial charge in [-0.3, -0.25) is 5.32 Å². The van der Waals surface area contributed by atoms with Crippen LogP contribution >= 0.6 is 22.9 Å². The van der Waals surface area contributed by atoms with E-state index in [1.54, 1.807) is 17.6 Å². The van der Waals surface area contributed by atoms with Gasteiger partial charge in [-0.2, -0.15) is 0 Å². The number of nitrogens with one attached hydrogen (secondary N) is 1. The summed E-state index contributed by atoms with van der Waals surface area (Å²) in [5.41, 5.74) is 0. The van der Waals surface area contributed by atoms with Crippen molar-refractivity contribution in [2.75, 3.05) is 0 Å². The third kappa shape index (κ3) is 2.53. The van der Waals surface area contributed by atoms with Gasteiger partial charge in [-0.25, -0.2) is 0 Å². The van der Waals surface area contributed by atoms with Gasteiger partial charge >= 0.3 is 0 Å². The van der Waals surface area contributed by atoms with Gasteiger partial charge in [0.2, 0.25) is 0 Å². The standard InChI is InChI=1S/C14H14ClNOS/c15-13-8-7-12(18-13)14(11-6-3-9-17-11)16-10-4-1-2-5-10/h1-3,6-10,14,16H,4-5H2. The van der Waals surface area contributed by atoms with E-state index in [4.69, 9.17) is 16.0 Å². The van der Waals surface area contributed by atoms with Gasteiger partial charge < -0.3 is 4.42 Å². The SMILES string of the molecule is Clc1ccc(C(NC2CC=CC2)c2ccco2)s1. The smallest absolute Gasteiger partial charge is 0.126 e. The molecule has 1 unspecified atom stereocenters. The Kier molecular flexibility index (Phi) is 3.55. The predicted octanol–water partition coefficient (Wildman–Crippen LogP) is 4.39. The van der Waals surface area contributed by atoms with Crippen LogP contribution in [0.5, 0.6) is 0 Å². The molecular weight excluding hydrogens is 266 g/mol. The molecule has 0 aromatic carbocycles. The number of halogens is 1. The Hall–Kier alpha value is -1.03. The second-order valence-electron chi connectivity index (χ2n) is 4.40. The van der Waals surface area contributed by atoms with E-state index >= 15 is 0 Å². The maximum atomic E-state index is 6.03. The molecule has 3 rings (SSSR count). The quantitative estimate of drug-likeness (QED) is 0.840. The van der Waals surface area contributed by atoms with Crippen LogP contribution in [0.25, 0.3) is 0 Å². The van der Waals surface area contributed by atoms with Crippen molar-refractivity contribution in [2.24, 2.45) is 0 Å². The van der Waals surface area contributed by atoms with E-state index in [9.17, 15) is 0 Å². The predicted molar refractivity (Wildman–Crippen MR) is 75.2 cm³/mol. The summed E-state index contributed by atoms with van der Waals surface area (Å²) in [6.07, 6.45) is 8.31. The molecule has 1 atom stereocenters. The first-order valence-electron chi connectivity index (χ1n) is 6.02. The molecule has 0 spiro atoms. The Bertz CT molecular complexity index is 524. The highest BCUT2D eigenvalue weighted by Crippen LogP contribution is 2.32. The van der Waals surface area contributed by atoms with Crippen molar-refractivity contribution in [1.29, 1.82) is 0 Å². The normalized spacial score (nSPS) is 17.4. The fourth-order valence-electron chi connectivity index (χ4n) is 2.23. The van der Waals surface area contributed by atoms with Crippen LogP contribution in [0.15, 0.2) is 47.1 Å². The van der Waals surface area contributed by atoms with Crippen molar-refractivity contribution in [3.63, 3.8) is 0 Å². The van der Waals surface area contributed by atoms with Gasteiger partial charge in [0.15, 0.2) is 0 Å². The van der Waals surface area contributed by atoms with Gasteiger partial charge in [-0.05, 0) is 37.1 Å². The molecule has 0 saturated carbocycles. The molecule has 0 saturated heterocycles. The van der Waals surface area contributed by atoms with Crippen molar-refractivity contribution in [2.45, 2.75) is 24.9 Å². The van der Waals surface area contributed by atoms with Gasteiger partial charge in [0, 0.05) is 10.9 Å². The molecule has 0 amide bonds. The Morgan fingerprint density at radius 3 is 2.72 bits per heavy atom. The first kappa shape index (κ1) is 12.0. The number of rotatable bonds is 4. The second kappa shape index (κ2) is 5.31. The number of furan rings is 1. The van der Waals surface area contributed by atoms with Crippen molar-refractivity contribution in [3.05, 3.63) is 57.7 Å². The number of thiophene rings is 1. The van der Waals surface area contributed by atoms with Gasteiger partial charge in [0.05, 0.1) is 10.6 Å². The van der Waals surface area contributed by atoms with Gasteiger partial charge in [-0.15, -0.1) is 11.3 Å². The first-order chi connectivity index (χ1) is 8.83. The highest BCUT2D eigenvalue weighted by Gasteiger charge is 2.22. The molecule has 0 fully saturated rings. The molecule has 2 aromatic heterocycles. The summed E-state index contributed by atoms with van der Waals surface area (Å²) in [5, 5.41) is 3.64. The topological polar surface area (TPSA) is 25.2 Å². The maximum absolute atomic E-state index is 6.03. The summed E-state index contributed by atoms with van der Waals surface area (Å²) >= 11 is 7.63. The van der Waals surface area contributed by atoms with Gasteiger partial charge in [-0.1, -0.05) is 23.8 Å². The lowest BCUT2D eigenvalue weighted by Gasteiger charge is -2.20. The van der Waals surface area contributed by atoms with Crippen LogP contribution in [0.1, 0.15) is 29.5 Å². The molecule has 2 heterocycles. The summed E-state index contributed by atoms with van der Waals surface area (Å²) < 4.78 is 6.36. The fraction of sp³-hybridized carbons (Fsp3) is 0.286. The zero-order valence-corrected chi connectivity index (χ0v) is 11.4. The van der Waals surface area contributed by atoms with Crippen LogP contribution in [-0.2, 0) is 0 Å². The van der Waals surface area contributed by atoms with Gasteiger partial charge in [0.25, 0.3) is 0 Å². The summed E-state index contributed by atoms with van der Waals surface area (Å²) in [6, 6.07) is 8.52. The Labute approximate surface area is 115 Å². The lowest BCUT2D eigenvalue weighted by Crippen LogP contribution is -2.30. The molecule has 1 N–H and O–H groups in total. The Balaban J connectivity index is 1.84. The average Bonchev–Trinajstić information content (AvgIpc) is 3.09. The first-order valence-corrected chi connectivity index (χ1v) is 7.22. The van der Waals surface area contributed by atoms with Gasteiger partial charge in [0.1, 0.15) is 11.8 Å². The minimum Gasteiger partial charge on any atom is -0.467 e. The van der Waals surface area contributed by atoms with Crippen LogP contribution in [-0.4, -0.2) is 6.04 Å². The zero-order valence-electron chi connectivity index (χ0n) is 9.80. The minimum absolute atomic E-state index is 0.0994. The van der Waals surface area contributed by atoms with Crippen LogP contribution in [0.3, 0.4) is 0 Å². The van der Waals surface area contributed by atoms with Crippen molar-refractivity contribution in [1.82, 2.24) is 5.32 Å². The highest BCUT2D eigenvalue weighted by molar-refractivity contribution is 7.16. The molecule has 1 aliphatic rings. The summed E-state index contributed by atoms with van der Waals surface area (Å²) in [4.78, 5) is 1.20. The lowest BCUT2D eigenvalue weighted by molar-refractivity contribution is 0.413. The molecular formula is C14H14ClNOS. The Morgan fingerprint density at radius 2 is 2.11 bits per heavy atom. The van der Waals surface area contributed by atoms with E-state index in [1.807, 2.05) is 18.2 Å². The Morgan fingerprint density at radius 1 is 1.28 bits per heavy atom. The molecule has 18 heavy (non-hydrogen) atoms. The molecule has 2 nitrogen and oxygen atoms in total. The largest absolute Gasteiger partial charge is 0.467 e. The van der Waals surface area contributed by atoms with Crippen molar-refractivity contribution >= 4 is 22.9 Å². The van der Waals surface area contributed by atoms with Crippen LogP contribution < -0.4 is 5.32 Å². The van der Waals surface area contributed by atoms with E-state index in [0.29, 0.717) is 6.04 Å². The molecule has 4 heteroatoms. The minimum atomic E-state index is 0.0994. The lowest BCUT2D eigenvalue weighted by atomic mass is 10.1. The monoisotopic (exact) mass is 279 g/mol. The maximum Gasteiger partial charge on any atom is 0.126 e. The molecule has 0 aliphatic heterocycles.